The highest BCUT2D eigenvalue weighted by Gasteiger charge is 2.21. The van der Waals surface area contributed by atoms with Gasteiger partial charge in [-0.05, 0) is 0 Å². The van der Waals surface area contributed by atoms with Crippen molar-refractivity contribution in [2.45, 2.75) is 0 Å². The normalized spacial score (nSPS) is 20.2. The zero-order chi connectivity index (χ0) is 9.30. The fourth-order valence-corrected chi connectivity index (χ4v) is 0.792. The van der Waals surface area contributed by atoms with Crippen molar-refractivity contribution < 1.29 is 19.4 Å². The highest BCUT2D eigenvalue weighted by molar-refractivity contribution is 6.44. The maximum absolute atomic E-state index is 10.6. The minimum absolute atomic E-state index is 0.218. The van der Waals surface area contributed by atoms with Crippen molar-refractivity contribution in [1.82, 2.24) is 0 Å². The molecule has 0 saturated heterocycles. The Kier molecular flexibility index (Phi) is 2.40. The summed E-state index contributed by atoms with van der Waals surface area (Å²) in [6, 6.07) is 0. The van der Waals surface area contributed by atoms with Crippen LogP contribution in [0.25, 0.3) is 0 Å². The molecule has 1 rings (SSSR count). The molecule has 0 fully saturated rings. The lowest BCUT2D eigenvalue weighted by molar-refractivity contribution is -0.298. The van der Waals surface area contributed by atoms with Crippen LogP contribution in [0.15, 0.2) is 21.9 Å². The summed E-state index contributed by atoms with van der Waals surface area (Å²) in [5.41, 5.74) is 0. The number of hydrogen-bond acceptors (Lipinski definition) is 4. The van der Waals surface area contributed by atoms with Crippen molar-refractivity contribution in [3.63, 3.8) is 0 Å². The van der Waals surface area contributed by atoms with Crippen LogP contribution in [0.4, 0.5) is 0 Å². The van der Waals surface area contributed by atoms with Gasteiger partial charge < -0.3 is 14.6 Å². The van der Waals surface area contributed by atoms with E-state index in [1.807, 2.05) is 0 Å². The molecule has 1 heterocycles. The number of esters is 1. The number of hydrogen-bond donors (Lipinski definition) is 0. The topological polar surface area (TPSA) is 66.4 Å². The number of carboxylic acid groups (broad SMARTS) is 1. The molecule has 64 valence electrons. The molecule has 0 aromatic carbocycles. The van der Waals surface area contributed by atoms with Gasteiger partial charge in [-0.1, -0.05) is 23.2 Å². The third kappa shape index (κ3) is 1.60. The first kappa shape index (κ1) is 9.09. The first-order valence-electron chi connectivity index (χ1n) is 2.73. The lowest BCUT2D eigenvalue weighted by Crippen LogP contribution is -2.23. The van der Waals surface area contributed by atoms with Crippen LogP contribution in [0.3, 0.4) is 0 Å². The van der Waals surface area contributed by atoms with E-state index in [0.717, 1.165) is 6.08 Å². The van der Waals surface area contributed by atoms with Gasteiger partial charge in [0.05, 0.1) is 5.97 Å². The van der Waals surface area contributed by atoms with Crippen LogP contribution in [0.1, 0.15) is 0 Å². The van der Waals surface area contributed by atoms with Gasteiger partial charge in [0.25, 0.3) is 0 Å². The van der Waals surface area contributed by atoms with Crippen LogP contribution >= 0.6 is 23.2 Å². The Morgan fingerprint density at radius 3 is 2.50 bits per heavy atom. The number of halogens is 2. The number of cyclic esters (lactones) is 1. The molecule has 12 heavy (non-hydrogen) atoms. The molecule has 0 amide bonds. The van der Waals surface area contributed by atoms with Crippen molar-refractivity contribution in [3.8, 4) is 0 Å². The molecule has 0 saturated carbocycles. The van der Waals surface area contributed by atoms with E-state index in [1.54, 1.807) is 0 Å². The van der Waals surface area contributed by atoms with Crippen molar-refractivity contribution >= 4 is 35.1 Å². The molecular weight excluding hydrogens is 207 g/mol. The molecule has 0 spiro atoms. The summed E-state index contributed by atoms with van der Waals surface area (Å²) in [4.78, 5) is 20.7. The van der Waals surface area contributed by atoms with E-state index in [1.165, 1.54) is 0 Å². The molecule has 0 bridgehead atoms. The molecule has 0 aromatic rings. The fourth-order valence-electron chi connectivity index (χ4n) is 0.561. The van der Waals surface area contributed by atoms with Crippen molar-refractivity contribution in [2.75, 3.05) is 0 Å². The van der Waals surface area contributed by atoms with Gasteiger partial charge in [-0.3, -0.25) is 0 Å². The lowest BCUT2D eigenvalue weighted by atomic mass is 10.4. The first-order valence-corrected chi connectivity index (χ1v) is 3.48. The Balaban J connectivity index is 3.03. The summed E-state index contributed by atoms with van der Waals surface area (Å²) in [5.74, 6) is -2.75. The number of allylic oxidation sites excluding steroid dienone is 1. The summed E-state index contributed by atoms with van der Waals surface area (Å²) >= 11 is 10.5. The summed E-state index contributed by atoms with van der Waals surface area (Å²) in [6.45, 7) is 0. The highest BCUT2D eigenvalue weighted by atomic mass is 35.5. The minimum atomic E-state index is -1.62. The van der Waals surface area contributed by atoms with Gasteiger partial charge in [-0.15, -0.1) is 0 Å². The second kappa shape index (κ2) is 3.16. The minimum Gasteiger partial charge on any atom is -0.544 e. The van der Waals surface area contributed by atoms with Gasteiger partial charge in [-0.25, -0.2) is 4.79 Å². The zero-order valence-corrected chi connectivity index (χ0v) is 6.98. The van der Waals surface area contributed by atoms with Gasteiger partial charge >= 0.3 is 5.97 Å². The zero-order valence-electron chi connectivity index (χ0n) is 5.47. The largest absolute Gasteiger partial charge is 0.544 e. The quantitative estimate of drug-likeness (QED) is 0.444. The third-order valence-electron chi connectivity index (χ3n) is 1.05. The molecule has 0 radical (unpaired) electrons. The van der Waals surface area contributed by atoms with Gasteiger partial charge in [-0.2, -0.15) is 0 Å². The van der Waals surface area contributed by atoms with Crippen LogP contribution in [-0.4, -0.2) is 11.9 Å². The molecule has 6 heteroatoms. The molecule has 0 atom stereocenters. The maximum Gasteiger partial charge on any atom is 0.355 e. The Morgan fingerprint density at radius 1 is 1.58 bits per heavy atom. The number of carbonyl (C=O) groups excluding carboxylic acids is 2. The smallest absolute Gasteiger partial charge is 0.355 e. The van der Waals surface area contributed by atoms with E-state index in [-0.39, 0.29) is 10.8 Å². The summed E-state index contributed by atoms with van der Waals surface area (Å²) in [7, 11) is 0. The van der Waals surface area contributed by atoms with Crippen LogP contribution < -0.4 is 5.11 Å². The second-order valence-electron chi connectivity index (χ2n) is 1.85. The predicted octanol–water partition coefficient (Wildman–Crippen LogP) is -0.134. The number of carboxylic acids is 1. The molecule has 4 nitrogen and oxygen atoms in total. The van der Waals surface area contributed by atoms with Crippen LogP contribution in [0.2, 0.25) is 0 Å². The molecule has 1 aliphatic heterocycles. The Labute approximate surface area is 77.0 Å². The van der Waals surface area contributed by atoms with Gasteiger partial charge in [0.15, 0.2) is 5.76 Å². The summed E-state index contributed by atoms with van der Waals surface area (Å²) in [5, 5.41) is 9.24. The van der Waals surface area contributed by atoms with Crippen LogP contribution in [0, 0.1) is 0 Å². The third-order valence-corrected chi connectivity index (χ3v) is 1.65. The molecule has 0 aliphatic carbocycles. The molecule has 0 N–H and O–H groups in total. The Bertz CT molecular complexity index is 316. The van der Waals surface area contributed by atoms with E-state index in [0.29, 0.717) is 0 Å². The number of ether oxygens (including phenoxy) is 1. The number of carbonyl (C=O) groups is 2. The predicted molar refractivity (Wildman–Crippen MR) is 37.9 cm³/mol. The summed E-state index contributed by atoms with van der Waals surface area (Å²) < 4.78 is 4.36. The van der Waals surface area contributed by atoms with E-state index in [9.17, 15) is 14.7 Å². The van der Waals surface area contributed by atoms with Gasteiger partial charge in [0, 0.05) is 6.08 Å². The van der Waals surface area contributed by atoms with Gasteiger partial charge in [0.1, 0.15) is 10.1 Å². The summed E-state index contributed by atoms with van der Waals surface area (Å²) in [6.07, 6.45) is 1.02. The lowest BCUT2D eigenvalue weighted by Gasteiger charge is -2.01. The molecule has 1 aliphatic rings. The fraction of sp³-hybridized carbons (Fsp3) is 0. The average molecular weight is 208 g/mol. The van der Waals surface area contributed by atoms with Crippen LogP contribution in [-0.2, 0) is 14.3 Å². The molecular formula is C6HCl2O4-. The molecule has 0 aromatic heterocycles. The monoisotopic (exact) mass is 207 g/mol. The van der Waals surface area contributed by atoms with Crippen LogP contribution in [0.5, 0.6) is 0 Å². The van der Waals surface area contributed by atoms with Crippen molar-refractivity contribution in [1.29, 1.82) is 0 Å². The van der Waals surface area contributed by atoms with E-state index < -0.39 is 17.0 Å². The first-order chi connectivity index (χ1) is 5.52. The Hall–Kier alpha value is -1.00. The van der Waals surface area contributed by atoms with Crippen molar-refractivity contribution in [2.24, 2.45) is 0 Å². The second-order valence-corrected chi connectivity index (χ2v) is 2.63. The molecule has 0 unspecified atom stereocenters. The van der Waals surface area contributed by atoms with E-state index in [4.69, 9.17) is 23.2 Å². The van der Waals surface area contributed by atoms with E-state index >= 15 is 0 Å². The van der Waals surface area contributed by atoms with E-state index in [2.05, 4.69) is 4.74 Å². The number of rotatable bonds is 1. The standard InChI is InChI=1S/C6H2Cl2O4/c7-2-1-3(12-6(2)11)4(8)5(9)10/h1H,(H,9,10)/p-1/b4-3+. The maximum atomic E-state index is 10.6. The number of aliphatic carboxylic acids is 1. The average Bonchev–Trinajstić information content (AvgIpc) is 2.30. The SMILES string of the molecule is O=C1O/C(=C(/Cl)C(=O)[O-])C=C1Cl. The van der Waals surface area contributed by atoms with Crippen molar-refractivity contribution in [3.05, 3.63) is 21.9 Å². The van der Waals surface area contributed by atoms with Gasteiger partial charge in [0.2, 0.25) is 0 Å². The highest BCUT2D eigenvalue weighted by Crippen LogP contribution is 2.23. The Morgan fingerprint density at radius 2 is 2.17 bits per heavy atom.